The summed E-state index contributed by atoms with van der Waals surface area (Å²) in [5.41, 5.74) is 0.148. The third-order valence-electron chi connectivity index (χ3n) is 3.06. The van der Waals surface area contributed by atoms with Gasteiger partial charge in [0.15, 0.2) is 11.5 Å². The van der Waals surface area contributed by atoms with Crippen LogP contribution in [0.2, 0.25) is 0 Å². The van der Waals surface area contributed by atoms with Gasteiger partial charge < -0.3 is 23.7 Å². The highest BCUT2D eigenvalue weighted by Gasteiger charge is 2.31. The van der Waals surface area contributed by atoms with Crippen molar-refractivity contribution in [2.24, 2.45) is 0 Å². The highest BCUT2D eigenvalue weighted by molar-refractivity contribution is 5.95. The third-order valence-corrected chi connectivity index (χ3v) is 3.06. The average molecular weight is 296 g/mol. The first kappa shape index (κ1) is 15.0. The number of methoxy groups -OCH3 is 3. The van der Waals surface area contributed by atoms with Crippen LogP contribution in [-0.2, 0) is 14.3 Å². The molecule has 0 aliphatic carbocycles. The van der Waals surface area contributed by atoms with Crippen molar-refractivity contribution < 1.29 is 33.3 Å². The van der Waals surface area contributed by atoms with Crippen molar-refractivity contribution >= 4 is 11.9 Å². The van der Waals surface area contributed by atoms with Crippen LogP contribution in [0.15, 0.2) is 12.1 Å². The van der Waals surface area contributed by atoms with E-state index in [4.69, 9.17) is 23.7 Å². The Balaban J connectivity index is 2.28. The van der Waals surface area contributed by atoms with Crippen LogP contribution in [0.5, 0.6) is 17.2 Å². The Morgan fingerprint density at radius 3 is 2.24 bits per heavy atom. The molecular weight excluding hydrogens is 280 g/mol. The van der Waals surface area contributed by atoms with Crippen LogP contribution < -0.4 is 14.2 Å². The van der Waals surface area contributed by atoms with Crippen LogP contribution in [0.25, 0.3) is 0 Å². The van der Waals surface area contributed by atoms with E-state index in [-0.39, 0.29) is 17.9 Å². The van der Waals surface area contributed by atoms with Gasteiger partial charge in [0.1, 0.15) is 11.3 Å². The van der Waals surface area contributed by atoms with Gasteiger partial charge >= 0.3 is 11.9 Å². The lowest BCUT2D eigenvalue weighted by Gasteiger charge is -2.14. The van der Waals surface area contributed by atoms with Crippen molar-refractivity contribution in [2.75, 3.05) is 27.9 Å². The van der Waals surface area contributed by atoms with Gasteiger partial charge in [0.25, 0.3) is 0 Å². The second-order valence-corrected chi connectivity index (χ2v) is 4.26. The van der Waals surface area contributed by atoms with Gasteiger partial charge in [0.2, 0.25) is 6.10 Å². The molecule has 0 amide bonds. The van der Waals surface area contributed by atoms with E-state index in [9.17, 15) is 9.59 Å². The van der Waals surface area contributed by atoms with Gasteiger partial charge in [-0.05, 0) is 0 Å². The number of rotatable bonds is 5. The minimum atomic E-state index is -0.879. The lowest BCUT2D eigenvalue weighted by molar-refractivity contribution is -0.145. The Morgan fingerprint density at radius 2 is 1.71 bits per heavy atom. The molecule has 21 heavy (non-hydrogen) atoms. The lowest BCUT2D eigenvalue weighted by atomic mass is 10.1. The lowest BCUT2D eigenvalue weighted by Crippen LogP contribution is -2.23. The first-order chi connectivity index (χ1) is 10.1. The van der Waals surface area contributed by atoms with E-state index >= 15 is 0 Å². The second-order valence-electron chi connectivity index (χ2n) is 4.26. The van der Waals surface area contributed by atoms with Crippen molar-refractivity contribution in [1.29, 1.82) is 0 Å². The van der Waals surface area contributed by atoms with Gasteiger partial charge in [-0.3, -0.25) is 0 Å². The molecule has 1 heterocycles. The zero-order valence-electron chi connectivity index (χ0n) is 12.0. The molecule has 1 fully saturated rings. The fourth-order valence-corrected chi connectivity index (χ4v) is 1.97. The molecule has 2 rings (SSSR count). The van der Waals surface area contributed by atoms with Crippen molar-refractivity contribution in [3.05, 3.63) is 17.7 Å². The highest BCUT2D eigenvalue weighted by atomic mass is 16.6. The molecule has 1 aromatic rings. The number of hydrogen-bond donors (Lipinski definition) is 0. The van der Waals surface area contributed by atoms with Crippen LogP contribution >= 0.6 is 0 Å². The van der Waals surface area contributed by atoms with E-state index in [1.165, 1.54) is 33.5 Å². The van der Waals surface area contributed by atoms with E-state index in [1.807, 2.05) is 0 Å². The van der Waals surface area contributed by atoms with E-state index in [2.05, 4.69) is 0 Å². The Labute approximate surface area is 121 Å². The quantitative estimate of drug-likeness (QED) is 0.755. The molecule has 0 aromatic heterocycles. The fourth-order valence-electron chi connectivity index (χ4n) is 1.97. The minimum Gasteiger partial charge on any atom is -0.496 e. The third kappa shape index (κ3) is 3.01. The summed E-state index contributed by atoms with van der Waals surface area (Å²) in [4.78, 5) is 23.5. The standard InChI is InChI=1S/C14H16O7/c1-17-10-7-12(19-3)11(18-2)6-8(10)13(15)21-9-4-5-20-14(9)16/h6-7,9H,4-5H2,1-3H3/t9-/m1/s1. The summed E-state index contributed by atoms with van der Waals surface area (Å²) in [6.45, 7) is 0.250. The monoisotopic (exact) mass is 296 g/mol. The zero-order chi connectivity index (χ0) is 15.4. The van der Waals surface area contributed by atoms with Crippen LogP contribution in [0.1, 0.15) is 16.8 Å². The summed E-state index contributed by atoms with van der Waals surface area (Å²) in [5.74, 6) is -0.172. The average Bonchev–Trinajstić information content (AvgIpc) is 2.90. The summed E-state index contributed by atoms with van der Waals surface area (Å²) in [6.07, 6.45) is -0.532. The van der Waals surface area contributed by atoms with E-state index in [1.54, 1.807) is 0 Å². The number of hydrogen-bond acceptors (Lipinski definition) is 7. The summed E-state index contributed by atoms with van der Waals surface area (Å²) < 4.78 is 25.3. The van der Waals surface area contributed by atoms with Gasteiger partial charge in [-0.25, -0.2) is 9.59 Å². The number of cyclic esters (lactones) is 1. The predicted octanol–water partition coefficient (Wildman–Crippen LogP) is 1.18. The molecule has 0 unspecified atom stereocenters. The molecule has 114 valence electrons. The summed E-state index contributed by atoms with van der Waals surface area (Å²) in [7, 11) is 4.35. The molecule has 0 spiro atoms. The van der Waals surface area contributed by atoms with Crippen LogP contribution in [0.4, 0.5) is 0 Å². The van der Waals surface area contributed by atoms with E-state index in [0.29, 0.717) is 17.9 Å². The molecule has 7 nitrogen and oxygen atoms in total. The Bertz CT molecular complexity index is 552. The molecule has 1 aliphatic rings. The van der Waals surface area contributed by atoms with Gasteiger partial charge in [-0.2, -0.15) is 0 Å². The van der Waals surface area contributed by atoms with Gasteiger partial charge in [-0.1, -0.05) is 0 Å². The SMILES string of the molecule is COc1cc(OC)c(C(=O)O[C@@H]2CCOC2=O)cc1OC. The van der Waals surface area contributed by atoms with Gasteiger partial charge in [0.05, 0.1) is 27.9 Å². The molecule has 1 aliphatic heterocycles. The maximum atomic E-state index is 12.2. The maximum absolute atomic E-state index is 12.2. The highest BCUT2D eigenvalue weighted by Crippen LogP contribution is 2.35. The summed E-state index contributed by atoms with van der Waals surface area (Å²) in [6, 6.07) is 2.96. The minimum absolute atomic E-state index is 0.148. The number of carbonyl (C=O) groups excluding carboxylic acids is 2. The van der Waals surface area contributed by atoms with Crippen LogP contribution in [-0.4, -0.2) is 46.0 Å². The normalized spacial score (nSPS) is 17.1. The molecule has 1 aromatic carbocycles. The fraction of sp³-hybridized carbons (Fsp3) is 0.429. The maximum Gasteiger partial charge on any atom is 0.347 e. The number of carbonyl (C=O) groups is 2. The molecular formula is C14H16O7. The molecule has 0 radical (unpaired) electrons. The predicted molar refractivity (Wildman–Crippen MR) is 70.9 cm³/mol. The van der Waals surface area contributed by atoms with E-state index in [0.717, 1.165) is 0 Å². The largest absolute Gasteiger partial charge is 0.496 e. The summed E-state index contributed by atoms with van der Waals surface area (Å²) in [5, 5.41) is 0. The smallest absolute Gasteiger partial charge is 0.347 e. The van der Waals surface area contributed by atoms with Crippen molar-refractivity contribution in [3.63, 3.8) is 0 Å². The zero-order valence-corrected chi connectivity index (χ0v) is 12.0. The Hall–Kier alpha value is -2.44. The van der Waals surface area contributed by atoms with Crippen LogP contribution in [0, 0.1) is 0 Å². The first-order valence-corrected chi connectivity index (χ1v) is 6.28. The Morgan fingerprint density at radius 1 is 1.10 bits per heavy atom. The Kier molecular flexibility index (Phi) is 4.52. The first-order valence-electron chi connectivity index (χ1n) is 6.28. The number of esters is 2. The van der Waals surface area contributed by atoms with Crippen molar-refractivity contribution in [1.82, 2.24) is 0 Å². The van der Waals surface area contributed by atoms with Crippen molar-refractivity contribution in [2.45, 2.75) is 12.5 Å². The number of benzene rings is 1. The topological polar surface area (TPSA) is 80.3 Å². The van der Waals surface area contributed by atoms with E-state index < -0.39 is 18.0 Å². The van der Waals surface area contributed by atoms with Gasteiger partial charge in [0, 0.05) is 18.6 Å². The molecule has 1 saturated heterocycles. The van der Waals surface area contributed by atoms with Crippen molar-refractivity contribution in [3.8, 4) is 17.2 Å². The molecule has 1 atom stereocenters. The number of ether oxygens (including phenoxy) is 5. The summed E-state index contributed by atoms with van der Waals surface area (Å²) >= 11 is 0. The second kappa shape index (κ2) is 6.34. The molecule has 0 bridgehead atoms. The van der Waals surface area contributed by atoms with Crippen LogP contribution in [0.3, 0.4) is 0 Å². The molecule has 0 N–H and O–H groups in total. The molecule has 0 saturated carbocycles. The van der Waals surface area contributed by atoms with Gasteiger partial charge in [-0.15, -0.1) is 0 Å². The molecule has 7 heteroatoms.